The number of rotatable bonds is 13. The van der Waals surface area contributed by atoms with Crippen LogP contribution < -0.4 is 10.6 Å². The zero-order valence-electron chi connectivity index (χ0n) is 36.1. The molecule has 62 heavy (non-hydrogen) atoms. The molecule has 0 radical (unpaired) electrons. The molecule has 16 nitrogen and oxygen atoms in total. The van der Waals surface area contributed by atoms with E-state index in [0.29, 0.717) is 63.8 Å². The molecule has 0 aliphatic carbocycles. The Morgan fingerprint density at radius 3 is 1.45 bits per heavy atom. The predicted molar refractivity (Wildman–Crippen MR) is 233 cm³/mol. The standard InChI is InChI=1S/C46H56N8O8/c1-27(53(3)43(55)39(51-45(57)59-5)31-15-19-61-20-16-31)41-47-25-37(49-41)30-9-7-29(8-10-30)33-11-12-35-24-36(14-13-34(35)23-33)38-26-48-42(50-38)28(2)54(4)44(56)40(52-46(58)60-6)32-17-21-62-22-18-32/h7-14,23-28,31-32,39-40H,15-22H2,1-6H3,(H,47,49)(H,48,50)(H,51,57)(H,52,58). The second-order valence-electron chi connectivity index (χ2n) is 16.1. The van der Waals surface area contributed by atoms with Crippen molar-refractivity contribution in [1.29, 1.82) is 0 Å². The van der Waals surface area contributed by atoms with Gasteiger partial charge in [-0.25, -0.2) is 19.6 Å². The molecule has 2 aliphatic rings. The number of alkyl carbamates (subject to hydrolysis) is 2. The van der Waals surface area contributed by atoms with Gasteiger partial charge in [-0.05, 0) is 91.0 Å². The van der Waals surface area contributed by atoms with E-state index in [2.05, 4.69) is 79.1 Å². The van der Waals surface area contributed by atoms with E-state index in [0.717, 1.165) is 44.4 Å². The second-order valence-corrected chi connectivity index (χ2v) is 16.1. The van der Waals surface area contributed by atoms with Crippen molar-refractivity contribution >= 4 is 34.8 Å². The maximum absolute atomic E-state index is 13.7. The van der Waals surface area contributed by atoms with Gasteiger partial charge in [0.15, 0.2) is 0 Å². The van der Waals surface area contributed by atoms with E-state index < -0.39 is 24.3 Å². The van der Waals surface area contributed by atoms with Crippen LogP contribution in [0.5, 0.6) is 0 Å². The largest absolute Gasteiger partial charge is 0.453 e. The number of nitrogens with zero attached hydrogens (tertiary/aromatic N) is 4. The van der Waals surface area contributed by atoms with Crippen LogP contribution in [0.15, 0.2) is 73.1 Å². The van der Waals surface area contributed by atoms with Crippen LogP contribution in [-0.4, -0.2) is 121 Å². The van der Waals surface area contributed by atoms with Gasteiger partial charge in [0.1, 0.15) is 23.7 Å². The number of likely N-dealkylation sites (N-methyl/N-ethyl adjacent to an activating group) is 2. The number of H-pyrrole nitrogens is 2. The molecule has 7 rings (SSSR count). The molecular formula is C46H56N8O8. The van der Waals surface area contributed by atoms with Gasteiger partial charge in [0.05, 0.1) is 50.1 Å². The number of hydrogen-bond donors (Lipinski definition) is 4. The number of ether oxygens (including phenoxy) is 4. The summed E-state index contributed by atoms with van der Waals surface area (Å²) in [5.41, 5.74) is 5.69. The number of nitrogens with one attached hydrogen (secondary N) is 4. The average molecular weight is 849 g/mol. The molecule has 2 saturated heterocycles. The highest BCUT2D eigenvalue weighted by atomic mass is 16.5. The highest BCUT2D eigenvalue weighted by Gasteiger charge is 2.37. The van der Waals surface area contributed by atoms with Gasteiger partial charge in [0, 0.05) is 46.1 Å². The molecule has 4 heterocycles. The van der Waals surface area contributed by atoms with Crippen molar-refractivity contribution in [2.24, 2.45) is 11.8 Å². The third kappa shape index (κ3) is 9.76. The van der Waals surface area contributed by atoms with Crippen LogP contribution in [0.4, 0.5) is 9.59 Å². The van der Waals surface area contributed by atoms with Gasteiger partial charge in [-0.1, -0.05) is 48.5 Å². The Morgan fingerprint density at radius 2 is 1.00 bits per heavy atom. The van der Waals surface area contributed by atoms with E-state index >= 15 is 0 Å². The molecule has 0 spiro atoms. The van der Waals surface area contributed by atoms with Crippen LogP contribution in [0.2, 0.25) is 0 Å². The molecule has 0 bridgehead atoms. The maximum Gasteiger partial charge on any atom is 0.407 e. The van der Waals surface area contributed by atoms with E-state index in [1.165, 1.54) is 14.2 Å². The van der Waals surface area contributed by atoms with Crippen LogP contribution in [-0.2, 0) is 28.5 Å². The first-order chi connectivity index (χ1) is 29.9. The Labute approximate surface area is 361 Å². The van der Waals surface area contributed by atoms with E-state index in [1.54, 1.807) is 36.3 Å². The first-order valence-electron chi connectivity index (χ1n) is 21.1. The SMILES string of the molecule is COC(=O)NC(C(=O)N(C)C(C)c1ncc(-c2ccc(-c3ccc4cc(-c5cnc(C(C)N(C)C(=O)C(NC(=O)OC)C6CCOCC6)[nH]5)ccc4c3)cc2)[nH]1)C1CCOCC1. The Bertz CT molecular complexity index is 2350. The van der Waals surface area contributed by atoms with Crippen LogP contribution in [0.1, 0.15) is 63.3 Å². The predicted octanol–water partition coefficient (Wildman–Crippen LogP) is 6.63. The summed E-state index contributed by atoms with van der Waals surface area (Å²) in [5, 5.41) is 7.65. The van der Waals surface area contributed by atoms with Crippen molar-refractivity contribution in [3.05, 3.63) is 84.7 Å². The van der Waals surface area contributed by atoms with Crippen molar-refractivity contribution in [3.63, 3.8) is 0 Å². The van der Waals surface area contributed by atoms with Crippen molar-refractivity contribution in [2.75, 3.05) is 54.7 Å². The average Bonchev–Trinajstić information content (AvgIpc) is 4.03. The molecule has 328 valence electrons. The topological polar surface area (TPSA) is 193 Å². The summed E-state index contributed by atoms with van der Waals surface area (Å²) >= 11 is 0. The van der Waals surface area contributed by atoms with Gasteiger partial charge in [-0.3, -0.25) is 9.59 Å². The number of fused-ring (bicyclic) bond motifs is 1. The third-order valence-corrected chi connectivity index (χ3v) is 12.4. The fourth-order valence-corrected chi connectivity index (χ4v) is 8.25. The van der Waals surface area contributed by atoms with Gasteiger partial charge in [-0.2, -0.15) is 0 Å². The van der Waals surface area contributed by atoms with Crippen LogP contribution >= 0.6 is 0 Å². The number of aromatic nitrogens is 4. The first-order valence-corrected chi connectivity index (χ1v) is 21.1. The third-order valence-electron chi connectivity index (χ3n) is 12.4. The van der Waals surface area contributed by atoms with E-state index in [9.17, 15) is 19.2 Å². The Hall–Kier alpha value is -6.26. The van der Waals surface area contributed by atoms with E-state index in [-0.39, 0.29) is 35.7 Å². The van der Waals surface area contributed by atoms with Crippen LogP contribution in [0, 0.1) is 11.8 Å². The minimum absolute atomic E-state index is 0.0589. The number of imidazole rings is 2. The Kier molecular flexibility index (Phi) is 13.9. The lowest BCUT2D eigenvalue weighted by Crippen LogP contribution is -2.52. The van der Waals surface area contributed by atoms with E-state index in [1.807, 2.05) is 26.0 Å². The minimum Gasteiger partial charge on any atom is -0.453 e. The summed E-state index contributed by atoms with van der Waals surface area (Å²) in [4.78, 5) is 71.1. The number of aromatic amines is 2. The molecule has 16 heteroatoms. The number of benzene rings is 3. The molecule has 4 N–H and O–H groups in total. The van der Waals surface area contributed by atoms with Gasteiger partial charge >= 0.3 is 12.2 Å². The van der Waals surface area contributed by atoms with Gasteiger partial charge in [0.2, 0.25) is 11.8 Å². The minimum atomic E-state index is -0.732. The summed E-state index contributed by atoms with van der Waals surface area (Å²) in [6.07, 6.45) is 4.93. The summed E-state index contributed by atoms with van der Waals surface area (Å²) in [6.45, 7) is 5.97. The molecule has 4 amide bonds. The summed E-state index contributed by atoms with van der Waals surface area (Å²) < 4.78 is 20.6. The monoisotopic (exact) mass is 848 g/mol. The summed E-state index contributed by atoms with van der Waals surface area (Å²) in [5.74, 6) is 0.716. The molecule has 5 aromatic rings. The fourth-order valence-electron chi connectivity index (χ4n) is 8.25. The normalized spacial score (nSPS) is 16.7. The Balaban J connectivity index is 0.998. The van der Waals surface area contributed by atoms with Crippen molar-refractivity contribution in [3.8, 4) is 33.6 Å². The van der Waals surface area contributed by atoms with Gasteiger partial charge in [0.25, 0.3) is 0 Å². The number of amides is 4. The van der Waals surface area contributed by atoms with Crippen LogP contribution in [0.25, 0.3) is 44.4 Å². The first kappa shape index (κ1) is 43.8. The Morgan fingerprint density at radius 1 is 0.613 bits per heavy atom. The lowest BCUT2D eigenvalue weighted by molar-refractivity contribution is -0.137. The quantitative estimate of drug-likeness (QED) is 0.100. The fraction of sp³-hybridized carbons (Fsp3) is 0.435. The van der Waals surface area contributed by atoms with Gasteiger partial charge < -0.3 is 49.3 Å². The highest BCUT2D eigenvalue weighted by Crippen LogP contribution is 2.32. The molecule has 4 atom stereocenters. The molecule has 2 aromatic heterocycles. The molecule has 2 aliphatic heterocycles. The molecule has 3 aromatic carbocycles. The molecule has 2 fully saturated rings. The zero-order chi connectivity index (χ0) is 43.9. The smallest absolute Gasteiger partial charge is 0.407 e. The van der Waals surface area contributed by atoms with Crippen molar-refractivity contribution in [1.82, 2.24) is 40.4 Å². The molecular weight excluding hydrogens is 793 g/mol. The lowest BCUT2D eigenvalue weighted by atomic mass is 9.90. The molecule has 4 unspecified atom stereocenters. The van der Waals surface area contributed by atoms with Crippen LogP contribution in [0.3, 0.4) is 0 Å². The molecule has 0 saturated carbocycles. The number of methoxy groups -OCH3 is 2. The summed E-state index contributed by atoms with van der Waals surface area (Å²) in [7, 11) is 6.02. The van der Waals surface area contributed by atoms with Gasteiger partial charge in [-0.15, -0.1) is 0 Å². The van der Waals surface area contributed by atoms with Crippen molar-refractivity contribution < 1.29 is 38.1 Å². The lowest BCUT2D eigenvalue weighted by Gasteiger charge is -2.34. The number of carbonyl (C=O) groups excluding carboxylic acids is 4. The van der Waals surface area contributed by atoms with E-state index in [4.69, 9.17) is 18.9 Å². The zero-order valence-corrected chi connectivity index (χ0v) is 36.1. The highest BCUT2D eigenvalue weighted by molar-refractivity contribution is 5.91. The number of carbonyl (C=O) groups is 4. The second kappa shape index (κ2) is 19.6. The maximum atomic E-state index is 13.7. The number of hydrogen-bond acceptors (Lipinski definition) is 10. The van der Waals surface area contributed by atoms with Crippen molar-refractivity contribution in [2.45, 2.75) is 63.7 Å². The summed E-state index contributed by atoms with van der Waals surface area (Å²) in [6, 6.07) is 18.6.